The molecule has 10 heteroatoms. The van der Waals surface area contributed by atoms with Crippen molar-refractivity contribution in [1.29, 1.82) is 0 Å². The van der Waals surface area contributed by atoms with Crippen LogP contribution in [-0.2, 0) is 37.0 Å². The van der Waals surface area contributed by atoms with Crippen molar-refractivity contribution in [2.24, 2.45) is 0 Å². The average Bonchev–Trinajstić information content (AvgIpc) is 2.96. The number of hydrogen-bond donors (Lipinski definition) is 1. The number of thiol groups is 1. The molecule has 0 amide bonds. The van der Waals surface area contributed by atoms with Crippen LogP contribution in [0, 0.1) is 0 Å². The summed E-state index contributed by atoms with van der Waals surface area (Å²) in [5.74, 6) is 0.789. The van der Waals surface area contributed by atoms with Gasteiger partial charge in [0.15, 0.2) is 0 Å². The first kappa shape index (κ1) is 40.2. The first-order valence-electron chi connectivity index (χ1n) is 16.2. The van der Waals surface area contributed by atoms with Gasteiger partial charge in [0.05, 0.1) is 66.1 Å². The van der Waals surface area contributed by atoms with Crippen LogP contribution in [0.2, 0.25) is 6.04 Å². The van der Waals surface area contributed by atoms with Gasteiger partial charge in [-0.1, -0.05) is 71.1 Å². The molecular formula is C30H64O8SSi. The Morgan fingerprint density at radius 3 is 1.18 bits per heavy atom. The van der Waals surface area contributed by atoms with Crippen LogP contribution in [-0.4, -0.2) is 100 Å². The van der Waals surface area contributed by atoms with Gasteiger partial charge < -0.3 is 37.0 Å². The van der Waals surface area contributed by atoms with Crippen molar-refractivity contribution in [3.63, 3.8) is 0 Å². The van der Waals surface area contributed by atoms with Crippen LogP contribution in [0.15, 0.2) is 0 Å². The van der Waals surface area contributed by atoms with E-state index < -0.39 is 8.80 Å². The molecule has 0 radical (unpaired) electrons. The predicted octanol–water partition coefficient (Wildman–Crippen LogP) is 6.73. The predicted molar refractivity (Wildman–Crippen MR) is 169 cm³/mol. The van der Waals surface area contributed by atoms with Crippen molar-refractivity contribution in [1.82, 2.24) is 0 Å². The average molecular weight is 613 g/mol. The van der Waals surface area contributed by atoms with Crippen molar-refractivity contribution in [3.8, 4) is 0 Å². The minimum Gasteiger partial charge on any atom is -0.379 e. The molecule has 0 atom stereocenters. The quantitative estimate of drug-likeness (QED) is 0.0480. The van der Waals surface area contributed by atoms with Crippen LogP contribution in [0.25, 0.3) is 0 Å². The lowest BCUT2D eigenvalue weighted by Gasteiger charge is -2.28. The zero-order valence-corrected chi connectivity index (χ0v) is 28.2. The van der Waals surface area contributed by atoms with E-state index in [1.54, 1.807) is 0 Å². The maximum absolute atomic E-state index is 6.02. The molecule has 0 spiro atoms. The molecule has 0 N–H and O–H groups in total. The van der Waals surface area contributed by atoms with Crippen LogP contribution in [0.1, 0.15) is 97.8 Å². The Morgan fingerprint density at radius 2 is 0.775 bits per heavy atom. The number of ether oxygens (including phenoxy) is 5. The summed E-state index contributed by atoms with van der Waals surface area (Å²) in [5.41, 5.74) is 0. The van der Waals surface area contributed by atoms with E-state index in [2.05, 4.69) is 19.6 Å². The molecule has 0 unspecified atom stereocenters. The third kappa shape index (κ3) is 28.4. The van der Waals surface area contributed by atoms with E-state index in [-0.39, 0.29) is 0 Å². The highest BCUT2D eigenvalue weighted by molar-refractivity contribution is 7.80. The molecule has 0 aromatic heterocycles. The van der Waals surface area contributed by atoms with Crippen molar-refractivity contribution in [2.45, 2.75) is 104 Å². The second kappa shape index (κ2) is 33.7. The molecule has 0 aliphatic carbocycles. The lowest BCUT2D eigenvalue weighted by atomic mass is 10.1. The van der Waals surface area contributed by atoms with Gasteiger partial charge in [-0.3, -0.25) is 0 Å². The SMILES string of the molecule is CCCCCCCCCCCCCOCCOCCOCCOCCOCCO[Si](CCCS)(OCC)OCC. The van der Waals surface area contributed by atoms with E-state index in [4.69, 9.17) is 37.0 Å². The molecular weight excluding hydrogens is 548 g/mol. The minimum atomic E-state index is -2.63. The summed E-state index contributed by atoms with van der Waals surface area (Å²) in [6.45, 7) is 13.7. The Balaban J connectivity index is 3.31. The molecule has 0 aliphatic heterocycles. The van der Waals surface area contributed by atoms with E-state index in [0.717, 1.165) is 31.2 Å². The van der Waals surface area contributed by atoms with Crippen molar-refractivity contribution in [3.05, 3.63) is 0 Å². The largest absolute Gasteiger partial charge is 0.501 e. The summed E-state index contributed by atoms with van der Waals surface area (Å²) in [7, 11) is -2.63. The van der Waals surface area contributed by atoms with E-state index >= 15 is 0 Å². The van der Waals surface area contributed by atoms with Crippen molar-refractivity contribution in [2.75, 3.05) is 91.6 Å². The van der Waals surface area contributed by atoms with Crippen LogP contribution in [0.4, 0.5) is 0 Å². The van der Waals surface area contributed by atoms with Crippen molar-refractivity contribution >= 4 is 21.4 Å². The number of hydrogen-bond acceptors (Lipinski definition) is 9. The van der Waals surface area contributed by atoms with Gasteiger partial charge in [0, 0.05) is 25.9 Å². The fraction of sp³-hybridized carbons (Fsp3) is 1.00. The number of rotatable bonds is 35. The van der Waals surface area contributed by atoms with Crippen LogP contribution in [0.5, 0.6) is 0 Å². The van der Waals surface area contributed by atoms with E-state index in [1.165, 1.54) is 64.2 Å². The fourth-order valence-electron chi connectivity index (χ4n) is 4.18. The maximum atomic E-state index is 6.02. The lowest BCUT2D eigenvalue weighted by Crippen LogP contribution is -2.46. The first-order chi connectivity index (χ1) is 19.7. The van der Waals surface area contributed by atoms with Crippen LogP contribution in [0.3, 0.4) is 0 Å². The Kier molecular flexibility index (Phi) is 34.0. The monoisotopic (exact) mass is 612 g/mol. The van der Waals surface area contributed by atoms with E-state index in [1.807, 2.05) is 13.8 Å². The van der Waals surface area contributed by atoms with Gasteiger partial charge in [-0.2, -0.15) is 12.6 Å². The number of unbranched alkanes of at least 4 members (excludes halogenated alkanes) is 10. The summed E-state index contributed by atoms with van der Waals surface area (Å²) in [4.78, 5) is 0. The normalized spacial score (nSPS) is 12.0. The Bertz CT molecular complexity index is 473. The zero-order valence-electron chi connectivity index (χ0n) is 26.3. The molecule has 40 heavy (non-hydrogen) atoms. The zero-order chi connectivity index (χ0) is 29.2. The Hall–Kier alpha value is 0.247. The third-order valence-electron chi connectivity index (χ3n) is 6.30. The highest BCUT2D eigenvalue weighted by Gasteiger charge is 2.39. The Morgan fingerprint density at radius 1 is 0.400 bits per heavy atom. The topological polar surface area (TPSA) is 73.8 Å². The second-order valence-electron chi connectivity index (χ2n) is 9.82. The molecule has 242 valence electrons. The first-order valence-corrected chi connectivity index (χ1v) is 18.7. The van der Waals surface area contributed by atoms with Gasteiger partial charge >= 0.3 is 8.80 Å². The van der Waals surface area contributed by atoms with Crippen LogP contribution >= 0.6 is 12.6 Å². The summed E-state index contributed by atoms with van der Waals surface area (Å²) in [6.07, 6.45) is 15.8. The van der Waals surface area contributed by atoms with E-state index in [9.17, 15) is 0 Å². The van der Waals surface area contributed by atoms with Gasteiger partial charge in [0.1, 0.15) is 0 Å². The molecule has 0 rings (SSSR count). The summed E-state index contributed by atoms with van der Waals surface area (Å²) < 4.78 is 45.7. The van der Waals surface area contributed by atoms with Gasteiger partial charge in [-0.05, 0) is 32.4 Å². The molecule has 0 aromatic rings. The van der Waals surface area contributed by atoms with Gasteiger partial charge in [0.2, 0.25) is 0 Å². The summed E-state index contributed by atoms with van der Waals surface area (Å²) in [6, 6.07) is 0.777. The highest BCUT2D eigenvalue weighted by atomic mass is 32.1. The van der Waals surface area contributed by atoms with E-state index in [0.29, 0.717) is 79.3 Å². The third-order valence-corrected chi connectivity index (χ3v) is 9.68. The minimum absolute atomic E-state index is 0.451. The molecule has 0 bridgehead atoms. The molecule has 0 fully saturated rings. The summed E-state index contributed by atoms with van der Waals surface area (Å²) in [5, 5.41) is 0. The molecule has 0 aliphatic rings. The van der Waals surface area contributed by atoms with Gasteiger partial charge in [-0.15, -0.1) is 0 Å². The fourth-order valence-corrected chi connectivity index (χ4v) is 7.21. The van der Waals surface area contributed by atoms with Crippen molar-refractivity contribution < 1.29 is 37.0 Å². The van der Waals surface area contributed by atoms with Crippen LogP contribution < -0.4 is 0 Å². The smallest absolute Gasteiger partial charge is 0.379 e. The summed E-state index contributed by atoms with van der Waals surface area (Å²) >= 11 is 4.29. The van der Waals surface area contributed by atoms with Gasteiger partial charge in [-0.25, -0.2) is 0 Å². The molecule has 0 heterocycles. The standard InChI is InChI=1S/C30H64O8SSi/c1-4-7-8-9-10-11-12-13-14-15-16-18-31-19-20-32-21-22-33-23-24-34-25-26-35-27-28-38-40(36-5-2,37-6-3)30-17-29-39/h39H,4-30H2,1-3H3. The maximum Gasteiger partial charge on any atom is 0.501 e. The Labute approximate surface area is 253 Å². The molecule has 0 aromatic carbocycles. The molecule has 8 nitrogen and oxygen atoms in total. The molecule has 0 saturated heterocycles. The lowest BCUT2D eigenvalue weighted by molar-refractivity contribution is -0.0162. The highest BCUT2D eigenvalue weighted by Crippen LogP contribution is 2.18. The van der Waals surface area contributed by atoms with Gasteiger partial charge in [0.25, 0.3) is 0 Å². The molecule has 0 saturated carbocycles. The second-order valence-corrected chi connectivity index (χ2v) is 13.0.